The van der Waals surface area contributed by atoms with E-state index in [2.05, 4.69) is 13.0 Å². The summed E-state index contributed by atoms with van der Waals surface area (Å²) in [6.45, 7) is 2.54. The standard InChI is InChI=1S/C12H15F2O.BrH.Mg/c1-2-3-4-5-9-15-11-8-6-7-10(13)12(11)14;;/h7-8H,2-5,9H2,1H3;1H;/q-1;;+2/p-1. The predicted octanol–water partition coefficient (Wildman–Crippen LogP) is 0.347. The minimum absolute atomic E-state index is 0. The first-order chi connectivity index (χ1) is 7.25. The molecule has 0 aliphatic rings. The average Bonchev–Trinajstić information content (AvgIpc) is 2.24. The SMILES string of the molecule is CCCCCCOc1c[c-]cc(F)c1F.[Br-].[Mg+2]. The summed E-state index contributed by atoms with van der Waals surface area (Å²) in [4.78, 5) is 0. The van der Waals surface area contributed by atoms with Crippen LogP contribution in [0, 0.1) is 17.7 Å². The van der Waals surface area contributed by atoms with Crippen LogP contribution in [0.4, 0.5) is 8.78 Å². The van der Waals surface area contributed by atoms with Crippen molar-refractivity contribution in [2.75, 3.05) is 6.61 Å². The maximum absolute atomic E-state index is 13.1. The summed E-state index contributed by atoms with van der Waals surface area (Å²) in [7, 11) is 0. The normalized spacial score (nSPS) is 9.12. The van der Waals surface area contributed by atoms with Crippen molar-refractivity contribution in [3.8, 4) is 5.75 Å². The van der Waals surface area contributed by atoms with Gasteiger partial charge in [0.15, 0.2) is 0 Å². The summed E-state index contributed by atoms with van der Waals surface area (Å²) in [5.74, 6) is -1.89. The van der Waals surface area contributed by atoms with Gasteiger partial charge >= 0.3 is 23.1 Å². The molecule has 0 saturated heterocycles. The van der Waals surface area contributed by atoms with Crippen LogP contribution in [0.5, 0.6) is 5.75 Å². The van der Waals surface area contributed by atoms with Crippen LogP contribution in [0.25, 0.3) is 0 Å². The molecule has 17 heavy (non-hydrogen) atoms. The Balaban J connectivity index is 0. The molecule has 0 atom stereocenters. The van der Waals surface area contributed by atoms with Crippen LogP contribution in [-0.4, -0.2) is 29.7 Å². The summed E-state index contributed by atoms with van der Waals surface area (Å²) in [5.41, 5.74) is 0. The Hall–Kier alpha value is 0.126. The molecule has 0 amide bonds. The molecule has 0 aliphatic heterocycles. The topological polar surface area (TPSA) is 9.23 Å². The second kappa shape index (κ2) is 11.2. The Morgan fingerprint density at radius 2 is 1.88 bits per heavy atom. The predicted molar refractivity (Wildman–Crippen MR) is 60.6 cm³/mol. The van der Waals surface area contributed by atoms with Crippen molar-refractivity contribution in [1.29, 1.82) is 0 Å². The van der Waals surface area contributed by atoms with Gasteiger partial charge in [0, 0.05) is 11.6 Å². The second-order valence-corrected chi connectivity index (χ2v) is 3.39. The molecule has 0 fully saturated rings. The van der Waals surface area contributed by atoms with Crippen LogP contribution in [0.2, 0.25) is 0 Å². The molecule has 0 aliphatic carbocycles. The van der Waals surface area contributed by atoms with Crippen molar-refractivity contribution in [3.05, 3.63) is 29.8 Å². The summed E-state index contributed by atoms with van der Waals surface area (Å²) in [6.07, 6.45) is 4.20. The fourth-order valence-electron chi connectivity index (χ4n) is 1.25. The Bertz CT molecular complexity index is 311. The van der Waals surface area contributed by atoms with Crippen LogP contribution in [-0.2, 0) is 0 Å². The summed E-state index contributed by atoms with van der Waals surface area (Å²) >= 11 is 0. The van der Waals surface area contributed by atoms with Gasteiger partial charge in [0.2, 0.25) is 0 Å². The number of benzene rings is 1. The Morgan fingerprint density at radius 1 is 1.18 bits per heavy atom. The zero-order valence-corrected chi connectivity index (χ0v) is 12.9. The summed E-state index contributed by atoms with van der Waals surface area (Å²) in [5, 5.41) is 0. The average molecular weight is 317 g/mol. The third-order valence-corrected chi connectivity index (χ3v) is 2.11. The van der Waals surface area contributed by atoms with E-state index in [4.69, 9.17) is 4.74 Å². The first-order valence-electron chi connectivity index (χ1n) is 5.23. The number of hydrogen-bond donors (Lipinski definition) is 0. The zero-order valence-electron chi connectivity index (χ0n) is 9.94. The van der Waals surface area contributed by atoms with E-state index >= 15 is 0 Å². The number of unbranched alkanes of at least 4 members (excludes halogenated alkanes) is 3. The van der Waals surface area contributed by atoms with Gasteiger partial charge in [-0.15, -0.1) is 12.1 Å². The van der Waals surface area contributed by atoms with Crippen molar-refractivity contribution in [1.82, 2.24) is 0 Å². The molecule has 0 saturated carbocycles. The Kier molecular flexibility index (Phi) is 12.9. The summed E-state index contributed by atoms with van der Waals surface area (Å²) < 4.78 is 30.9. The van der Waals surface area contributed by atoms with Gasteiger partial charge in [0.25, 0.3) is 0 Å². The molecule has 0 bridgehead atoms. The molecule has 0 heterocycles. The van der Waals surface area contributed by atoms with E-state index in [1.54, 1.807) is 0 Å². The van der Waals surface area contributed by atoms with E-state index in [1.165, 1.54) is 6.07 Å². The maximum atomic E-state index is 13.1. The van der Waals surface area contributed by atoms with Crippen LogP contribution in [0.1, 0.15) is 32.6 Å². The van der Waals surface area contributed by atoms with Crippen molar-refractivity contribution >= 4 is 23.1 Å². The minimum atomic E-state index is -0.927. The number of halogens is 3. The molecule has 0 spiro atoms. The van der Waals surface area contributed by atoms with Crippen LogP contribution < -0.4 is 21.7 Å². The molecule has 0 aromatic heterocycles. The van der Waals surface area contributed by atoms with Crippen LogP contribution >= 0.6 is 0 Å². The maximum Gasteiger partial charge on any atom is 2.00 e. The molecule has 1 aromatic rings. The monoisotopic (exact) mass is 316 g/mol. The molecular formula is C12H15BrF2MgO. The van der Waals surface area contributed by atoms with Crippen molar-refractivity contribution in [2.45, 2.75) is 32.6 Å². The fraction of sp³-hybridized carbons (Fsp3) is 0.500. The van der Waals surface area contributed by atoms with E-state index < -0.39 is 11.6 Å². The first kappa shape index (κ1) is 19.5. The van der Waals surface area contributed by atoms with Gasteiger partial charge in [-0.25, -0.2) is 4.39 Å². The van der Waals surface area contributed by atoms with Gasteiger partial charge in [-0.2, -0.15) is 6.07 Å². The molecule has 92 valence electrons. The van der Waals surface area contributed by atoms with Gasteiger partial charge in [-0.05, 0) is 6.42 Å². The third-order valence-electron chi connectivity index (χ3n) is 2.11. The van der Waals surface area contributed by atoms with Crippen molar-refractivity contribution in [3.63, 3.8) is 0 Å². The molecule has 1 rings (SSSR count). The molecule has 1 aromatic carbocycles. The molecule has 0 radical (unpaired) electrons. The second-order valence-electron chi connectivity index (χ2n) is 3.39. The van der Waals surface area contributed by atoms with Gasteiger partial charge in [-0.1, -0.05) is 26.2 Å². The number of rotatable bonds is 6. The quantitative estimate of drug-likeness (QED) is 0.418. The van der Waals surface area contributed by atoms with Gasteiger partial charge in [0.1, 0.15) is 0 Å². The minimum Gasteiger partial charge on any atom is -1.00 e. The molecule has 1 nitrogen and oxygen atoms in total. The summed E-state index contributed by atoms with van der Waals surface area (Å²) in [6, 6.07) is 4.76. The smallest absolute Gasteiger partial charge is 1.00 e. The van der Waals surface area contributed by atoms with E-state index in [0.717, 1.165) is 31.7 Å². The van der Waals surface area contributed by atoms with Gasteiger partial charge in [0.05, 0.1) is 12.4 Å². The van der Waals surface area contributed by atoms with Crippen molar-refractivity contribution < 1.29 is 30.5 Å². The molecule has 5 heteroatoms. The van der Waals surface area contributed by atoms with Crippen LogP contribution in [0.15, 0.2) is 12.1 Å². The zero-order chi connectivity index (χ0) is 11.1. The van der Waals surface area contributed by atoms with Gasteiger partial charge in [-0.3, -0.25) is 4.39 Å². The van der Waals surface area contributed by atoms with Crippen molar-refractivity contribution in [2.24, 2.45) is 0 Å². The Labute approximate surface area is 128 Å². The Morgan fingerprint density at radius 3 is 2.53 bits per heavy atom. The molecular weight excluding hydrogens is 302 g/mol. The van der Waals surface area contributed by atoms with E-state index in [-0.39, 0.29) is 45.8 Å². The number of hydrogen-bond acceptors (Lipinski definition) is 1. The molecule has 0 N–H and O–H groups in total. The van der Waals surface area contributed by atoms with Gasteiger partial charge < -0.3 is 21.7 Å². The fourth-order valence-corrected chi connectivity index (χ4v) is 1.25. The largest absolute Gasteiger partial charge is 2.00 e. The molecule has 0 unspecified atom stereocenters. The number of ether oxygens (including phenoxy) is 1. The van der Waals surface area contributed by atoms with Crippen LogP contribution in [0.3, 0.4) is 0 Å². The first-order valence-corrected chi connectivity index (χ1v) is 5.23. The van der Waals surface area contributed by atoms with E-state index in [1.807, 2.05) is 0 Å². The van der Waals surface area contributed by atoms with E-state index in [0.29, 0.717) is 6.61 Å². The van der Waals surface area contributed by atoms with E-state index in [9.17, 15) is 8.78 Å². The third kappa shape index (κ3) is 7.21.